The number of rotatable bonds is 5. The summed E-state index contributed by atoms with van der Waals surface area (Å²) in [5.74, 6) is 0.464. The highest BCUT2D eigenvalue weighted by Gasteiger charge is 2.15. The van der Waals surface area contributed by atoms with Gasteiger partial charge >= 0.3 is 0 Å². The summed E-state index contributed by atoms with van der Waals surface area (Å²) in [4.78, 5) is 0. The second-order valence-corrected chi connectivity index (χ2v) is 3.85. The van der Waals surface area contributed by atoms with Crippen LogP contribution in [0.2, 0.25) is 0 Å². The van der Waals surface area contributed by atoms with Gasteiger partial charge in [0.1, 0.15) is 0 Å². The van der Waals surface area contributed by atoms with Crippen molar-refractivity contribution in [1.29, 1.82) is 0 Å². The molecule has 1 rings (SSSR count). The summed E-state index contributed by atoms with van der Waals surface area (Å²) in [6.45, 7) is 3.46. The number of hydrogen-bond acceptors (Lipinski definition) is 2. The van der Waals surface area contributed by atoms with Crippen molar-refractivity contribution in [3.63, 3.8) is 0 Å². The van der Waals surface area contributed by atoms with Crippen LogP contribution in [0.1, 0.15) is 39.0 Å². The van der Waals surface area contributed by atoms with Crippen LogP contribution >= 0.6 is 0 Å². The van der Waals surface area contributed by atoms with Crippen molar-refractivity contribution >= 4 is 0 Å². The molecule has 0 aromatic carbocycles. The van der Waals surface area contributed by atoms with E-state index in [1.54, 1.807) is 0 Å². The molecule has 0 heterocycles. The highest BCUT2D eigenvalue weighted by molar-refractivity contribution is 4.74. The number of nitrogens with one attached hydrogen (secondary N) is 1. The molecule has 0 spiro atoms. The molecule has 1 unspecified atom stereocenters. The van der Waals surface area contributed by atoms with Gasteiger partial charge in [0.05, 0.1) is 0 Å². The predicted octanol–water partition coefficient (Wildman–Crippen LogP) is 1.54. The van der Waals surface area contributed by atoms with Gasteiger partial charge in [0.25, 0.3) is 0 Å². The topological polar surface area (TPSA) is 32.3 Å². The molecule has 2 heteroatoms. The molecular weight excluding hydrogens is 150 g/mol. The molecule has 0 aromatic heterocycles. The third-order valence-electron chi connectivity index (χ3n) is 2.89. The monoisotopic (exact) mass is 171 g/mol. The van der Waals surface area contributed by atoms with Gasteiger partial charge in [-0.15, -0.1) is 0 Å². The van der Waals surface area contributed by atoms with E-state index < -0.39 is 0 Å². The van der Waals surface area contributed by atoms with Crippen LogP contribution in [0, 0.1) is 5.92 Å². The molecule has 0 aliphatic heterocycles. The molecule has 1 aliphatic rings. The van der Waals surface area contributed by atoms with E-state index in [2.05, 4.69) is 12.2 Å². The number of hydrogen-bond donors (Lipinski definition) is 2. The molecule has 1 atom stereocenters. The lowest BCUT2D eigenvalue weighted by atomic mass is 10.1. The zero-order valence-corrected chi connectivity index (χ0v) is 8.05. The van der Waals surface area contributed by atoms with E-state index in [0.717, 1.165) is 19.0 Å². The van der Waals surface area contributed by atoms with Gasteiger partial charge in [-0.1, -0.05) is 19.8 Å². The maximum absolute atomic E-state index is 8.96. The molecule has 1 fully saturated rings. The highest BCUT2D eigenvalue weighted by Crippen LogP contribution is 2.17. The Morgan fingerprint density at radius 2 is 2.08 bits per heavy atom. The quantitative estimate of drug-likeness (QED) is 0.657. The zero-order chi connectivity index (χ0) is 8.81. The minimum absolute atomic E-state index is 0.330. The summed E-state index contributed by atoms with van der Waals surface area (Å²) in [5, 5.41) is 12.5. The summed E-state index contributed by atoms with van der Waals surface area (Å²) < 4.78 is 0. The zero-order valence-electron chi connectivity index (χ0n) is 8.05. The third-order valence-corrected chi connectivity index (χ3v) is 2.89. The molecule has 0 bridgehead atoms. The Bertz CT molecular complexity index is 104. The Kier molecular flexibility index (Phi) is 4.62. The first-order chi connectivity index (χ1) is 5.86. The molecule has 1 saturated carbocycles. The van der Waals surface area contributed by atoms with Crippen molar-refractivity contribution in [1.82, 2.24) is 5.32 Å². The molecule has 1 aliphatic carbocycles. The average Bonchev–Trinajstić information content (AvgIpc) is 2.59. The van der Waals surface area contributed by atoms with Crippen molar-refractivity contribution in [2.75, 3.05) is 13.2 Å². The summed E-state index contributed by atoms with van der Waals surface area (Å²) in [7, 11) is 0. The Morgan fingerprint density at radius 1 is 1.42 bits per heavy atom. The van der Waals surface area contributed by atoms with Crippen molar-refractivity contribution in [2.45, 2.75) is 45.1 Å². The smallest absolute Gasteiger partial charge is 0.0471 e. The molecular formula is C10H21NO. The lowest BCUT2D eigenvalue weighted by Crippen LogP contribution is -2.32. The molecule has 0 saturated heterocycles. The fraction of sp³-hybridized carbons (Fsp3) is 1.00. The maximum Gasteiger partial charge on any atom is 0.0471 e. The fourth-order valence-corrected chi connectivity index (χ4v) is 1.80. The summed E-state index contributed by atoms with van der Waals surface area (Å²) >= 11 is 0. The van der Waals surface area contributed by atoms with Gasteiger partial charge < -0.3 is 10.4 Å². The highest BCUT2D eigenvalue weighted by atomic mass is 16.3. The van der Waals surface area contributed by atoms with E-state index in [9.17, 15) is 0 Å². The van der Waals surface area contributed by atoms with E-state index in [1.165, 1.54) is 25.7 Å². The van der Waals surface area contributed by atoms with Crippen LogP contribution < -0.4 is 5.32 Å². The van der Waals surface area contributed by atoms with Crippen LogP contribution in [0.25, 0.3) is 0 Å². The van der Waals surface area contributed by atoms with Gasteiger partial charge in [-0.2, -0.15) is 0 Å². The van der Waals surface area contributed by atoms with Crippen LogP contribution in [-0.4, -0.2) is 24.3 Å². The van der Waals surface area contributed by atoms with Gasteiger partial charge in [0, 0.05) is 19.2 Å². The first-order valence-corrected chi connectivity index (χ1v) is 5.21. The first kappa shape index (κ1) is 10.0. The second-order valence-electron chi connectivity index (χ2n) is 3.85. The first-order valence-electron chi connectivity index (χ1n) is 5.21. The van der Waals surface area contributed by atoms with E-state index in [0.29, 0.717) is 12.5 Å². The SMILES string of the molecule is CCC(CO)CNC1CCCC1. The molecule has 2 nitrogen and oxygen atoms in total. The number of aliphatic hydroxyl groups is 1. The lowest BCUT2D eigenvalue weighted by molar-refractivity contribution is 0.215. The normalized spacial score (nSPS) is 21.5. The minimum Gasteiger partial charge on any atom is -0.396 e. The van der Waals surface area contributed by atoms with Gasteiger partial charge in [0.2, 0.25) is 0 Å². The summed E-state index contributed by atoms with van der Waals surface area (Å²) in [5.41, 5.74) is 0. The largest absolute Gasteiger partial charge is 0.396 e. The Hall–Kier alpha value is -0.0800. The minimum atomic E-state index is 0.330. The van der Waals surface area contributed by atoms with E-state index in [4.69, 9.17) is 5.11 Å². The molecule has 2 N–H and O–H groups in total. The number of aliphatic hydroxyl groups excluding tert-OH is 1. The van der Waals surface area contributed by atoms with Crippen molar-refractivity contribution in [3.8, 4) is 0 Å². The van der Waals surface area contributed by atoms with Crippen LogP contribution in [0.15, 0.2) is 0 Å². The fourth-order valence-electron chi connectivity index (χ4n) is 1.80. The van der Waals surface area contributed by atoms with Crippen LogP contribution in [0.3, 0.4) is 0 Å². The molecule has 72 valence electrons. The van der Waals surface area contributed by atoms with Crippen molar-refractivity contribution < 1.29 is 5.11 Å². The predicted molar refractivity (Wildman–Crippen MR) is 51.1 cm³/mol. The van der Waals surface area contributed by atoms with Crippen LogP contribution in [0.5, 0.6) is 0 Å². The summed E-state index contributed by atoms with van der Waals surface area (Å²) in [6.07, 6.45) is 6.51. The average molecular weight is 171 g/mol. The van der Waals surface area contributed by atoms with Crippen LogP contribution in [0.4, 0.5) is 0 Å². The Balaban J connectivity index is 2.06. The Labute approximate surface area is 75.4 Å². The molecule has 0 radical (unpaired) electrons. The molecule has 0 amide bonds. The van der Waals surface area contributed by atoms with Crippen molar-refractivity contribution in [3.05, 3.63) is 0 Å². The molecule has 12 heavy (non-hydrogen) atoms. The standard InChI is InChI=1S/C10H21NO/c1-2-9(8-12)7-11-10-5-3-4-6-10/h9-12H,2-8H2,1H3. The van der Waals surface area contributed by atoms with E-state index >= 15 is 0 Å². The van der Waals surface area contributed by atoms with Gasteiger partial charge in [-0.05, 0) is 25.2 Å². The molecule has 0 aromatic rings. The van der Waals surface area contributed by atoms with Gasteiger partial charge in [-0.3, -0.25) is 0 Å². The third kappa shape index (κ3) is 3.11. The van der Waals surface area contributed by atoms with Crippen molar-refractivity contribution in [2.24, 2.45) is 5.92 Å². The van der Waals surface area contributed by atoms with Crippen LogP contribution in [-0.2, 0) is 0 Å². The maximum atomic E-state index is 8.96. The van der Waals surface area contributed by atoms with E-state index in [-0.39, 0.29) is 0 Å². The lowest BCUT2D eigenvalue weighted by Gasteiger charge is -2.16. The summed E-state index contributed by atoms with van der Waals surface area (Å²) in [6, 6.07) is 0.741. The van der Waals surface area contributed by atoms with E-state index in [1.807, 2.05) is 0 Å². The second kappa shape index (κ2) is 5.55. The Morgan fingerprint density at radius 3 is 2.58 bits per heavy atom. The van der Waals surface area contributed by atoms with Gasteiger partial charge in [0.15, 0.2) is 0 Å². The van der Waals surface area contributed by atoms with Gasteiger partial charge in [-0.25, -0.2) is 0 Å².